The first kappa shape index (κ1) is 15.5. The van der Waals surface area contributed by atoms with E-state index in [0.29, 0.717) is 18.8 Å². The van der Waals surface area contributed by atoms with Crippen molar-refractivity contribution in [2.45, 2.75) is 46.5 Å². The number of aryl methyl sites for hydroxylation is 1. The fourth-order valence-corrected chi connectivity index (χ4v) is 2.71. The van der Waals surface area contributed by atoms with Gasteiger partial charge in [-0.1, -0.05) is 20.8 Å². The van der Waals surface area contributed by atoms with Crippen molar-refractivity contribution in [3.05, 3.63) is 23.8 Å². The number of hydrogen-bond donors (Lipinski definition) is 1. The number of anilines is 2. The number of nitrogens with one attached hydrogen (secondary N) is 1. The Bertz CT molecular complexity index is 538. The lowest BCUT2D eigenvalue weighted by atomic mass is 10.0. The molecule has 1 N–H and O–H groups in total. The van der Waals surface area contributed by atoms with Crippen LogP contribution in [0.2, 0.25) is 0 Å². The monoisotopic (exact) mass is 288 g/mol. The van der Waals surface area contributed by atoms with Gasteiger partial charge in [-0.05, 0) is 42.5 Å². The Labute approximate surface area is 126 Å². The SMILES string of the molecule is CCC(=O)N1CCCc2cc(NC(=O)CC(C)C)ccc21. The van der Waals surface area contributed by atoms with Crippen LogP contribution in [0.15, 0.2) is 18.2 Å². The van der Waals surface area contributed by atoms with E-state index < -0.39 is 0 Å². The van der Waals surface area contributed by atoms with Gasteiger partial charge in [0, 0.05) is 30.8 Å². The Balaban J connectivity index is 2.15. The molecule has 0 radical (unpaired) electrons. The molecule has 1 aliphatic rings. The highest BCUT2D eigenvalue weighted by molar-refractivity contribution is 5.95. The van der Waals surface area contributed by atoms with Gasteiger partial charge in [0.15, 0.2) is 0 Å². The highest BCUT2D eigenvalue weighted by Crippen LogP contribution is 2.30. The van der Waals surface area contributed by atoms with E-state index in [-0.39, 0.29) is 11.8 Å². The Morgan fingerprint density at radius 1 is 1.33 bits per heavy atom. The second-order valence-electron chi connectivity index (χ2n) is 5.99. The van der Waals surface area contributed by atoms with Gasteiger partial charge in [0.25, 0.3) is 0 Å². The number of amides is 2. The molecule has 1 aromatic carbocycles. The van der Waals surface area contributed by atoms with Gasteiger partial charge in [-0.15, -0.1) is 0 Å². The maximum Gasteiger partial charge on any atom is 0.226 e. The molecule has 1 aromatic rings. The molecule has 1 heterocycles. The second kappa shape index (κ2) is 6.74. The third-order valence-electron chi connectivity index (χ3n) is 3.68. The average Bonchev–Trinajstić information content (AvgIpc) is 2.44. The number of nitrogens with zero attached hydrogens (tertiary/aromatic N) is 1. The molecule has 0 saturated carbocycles. The predicted molar refractivity (Wildman–Crippen MR) is 85.5 cm³/mol. The molecule has 0 unspecified atom stereocenters. The van der Waals surface area contributed by atoms with Crippen molar-refractivity contribution in [3.8, 4) is 0 Å². The standard InChI is InChI=1S/C17H24N2O2/c1-4-17(21)19-9-5-6-13-11-14(7-8-15(13)19)18-16(20)10-12(2)3/h7-8,11-12H,4-6,9-10H2,1-3H3,(H,18,20). The molecule has 0 saturated heterocycles. The molecule has 1 aliphatic heterocycles. The van der Waals surface area contributed by atoms with Crippen LogP contribution < -0.4 is 10.2 Å². The third kappa shape index (κ3) is 3.84. The van der Waals surface area contributed by atoms with E-state index in [9.17, 15) is 9.59 Å². The fraction of sp³-hybridized carbons (Fsp3) is 0.529. The number of carbonyl (C=O) groups is 2. The van der Waals surface area contributed by atoms with Crippen LogP contribution in [0.3, 0.4) is 0 Å². The maximum absolute atomic E-state index is 12.0. The molecule has 114 valence electrons. The number of hydrogen-bond acceptors (Lipinski definition) is 2. The Morgan fingerprint density at radius 3 is 2.76 bits per heavy atom. The van der Waals surface area contributed by atoms with Crippen LogP contribution in [-0.2, 0) is 16.0 Å². The van der Waals surface area contributed by atoms with Crippen molar-refractivity contribution in [2.75, 3.05) is 16.8 Å². The molecule has 4 heteroatoms. The van der Waals surface area contributed by atoms with E-state index in [1.807, 2.05) is 43.9 Å². The van der Waals surface area contributed by atoms with Crippen LogP contribution in [0.5, 0.6) is 0 Å². The largest absolute Gasteiger partial charge is 0.326 e. The van der Waals surface area contributed by atoms with Gasteiger partial charge in [0.05, 0.1) is 0 Å². The Hall–Kier alpha value is -1.84. The summed E-state index contributed by atoms with van der Waals surface area (Å²) in [4.78, 5) is 25.7. The Kier molecular flexibility index (Phi) is 4.99. The van der Waals surface area contributed by atoms with E-state index >= 15 is 0 Å². The smallest absolute Gasteiger partial charge is 0.226 e. The third-order valence-corrected chi connectivity index (χ3v) is 3.68. The topological polar surface area (TPSA) is 49.4 Å². The summed E-state index contributed by atoms with van der Waals surface area (Å²) >= 11 is 0. The molecule has 2 rings (SSSR count). The van der Waals surface area contributed by atoms with Crippen LogP contribution in [0.1, 0.15) is 45.6 Å². The minimum Gasteiger partial charge on any atom is -0.326 e. The molecule has 0 fully saturated rings. The van der Waals surface area contributed by atoms with Crippen molar-refractivity contribution in [3.63, 3.8) is 0 Å². The zero-order chi connectivity index (χ0) is 15.4. The van der Waals surface area contributed by atoms with Crippen LogP contribution in [0, 0.1) is 5.92 Å². The van der Waals surface area contributed by atoms with Gasteiger partial charge in [0.1, 0.15) is 0 Å². The van der Waals surface area contributed by atoms with E-state index in [4.69, 9.17) is 0 Å². The summed E-state index contributed by atoms with van der Waals surface area (Å²) in [5.41, 5.74) is 2.96. The molecule has 0 aliphatic carbocycles. The molecule has 0 bridgehead atoms. The van der Waals surface area contributed by atoms with Crippen LogP contribution in [0.25, 0.3) is 0 Å². The lowest BCUT2D eigenvalue weighted by molar-refractivity contribution is -0.118. The highest BCUT2D eigenvalue weighted by atomic mass is 16.2. The van der Waals surface area contributed by atoms with Crippen LogP contribution in [-0.4, -0.2) is 18.4 Å². The zero-order valence-corrected chi connectivity index (χ0v) is 13.1. The van der Waals surface area contributed by atoms with Crippen molar-refractivity contribution in [1.82, 2.24) is 0 Å². The fourth-order valence-electron chi connectivity index (χ4n) is 2.71. The van der Waals surface area contributed by atoms with Crippen molar-refractivity contribution >= 4 is 23.2 Å². The summed E-state index contributed by atoms with van der Waals surface area (Å²) in [6, 6.07) is 5.84. The molecule has 0 aromatic heterocycles. The number of rotatable bonds is 4. The zero-order valence-electron chi connectivity index (χ0n) is 13.1. The average molecular weight is 288 g/mol. The molecule has 2 amide bonds. The van der Waals surface area contributed by atoms with Crippen molar-refractivity contribution in [2.24, 2.45) is 5.92 Å². The van der Waals surface area contributed by atoms with E-state index in [0.717, 1.165) is 36.3 Å². The molecule has 0 spiro atoms. The molecular weight excluding hydrogens is 264 g/mol. The summed E-state index contributed by atoms with van der Waals surface area (Å²) in [5, 5.41) is 2.94. The molecule has 0 atom stereocenters. The quantitative estimate of drug-likeness (QED) is 0.923. The second-order valence-corrected chi connectivity index (χ2v) is 5.99. The van der Waals surface area contributed by atoms with Gasteiger partial charge in [-0.2, -0.15) is 0 Å². The van der Waals surface area contributed by atoms with Crippen molar-refractivity contribution < 1.29 is 9.59 Å². The van der Waals surface area contributed by atoms with E-state index in [1.54, 1.807) is 0 Å². The first-order chi connectivity index (χ1) is 10.0. The summed E-state index contributed by atoms with van der Waals surface area (Å²) < 4.78 is 0. The maximum atomic E-state index is 12.0. The highest BCUT2D eigenvalue weighted by Gasteiger charge is 2.21. The lowest BCUT2D eigenvalue weighted by Gasteiger charge is -2.29. The van der Waals surface area contributed by atoms with Gasteiger partial charge >= 0.3 is 0 Å². The lowest BCUT2D eigenvalue weighted by Crippen LogP contribution is -2.34. The van der Waals surface area contributed by atoms with Gasteiger partial charge < -0.3 is 10.2 Å². The summed E-state index contributed by atoms with van der Waals surface area (Å²) in [6.45, 7) is 6.73. The van der Waals surface area contributed by atoms with E-state index in [2.05, 4.69) is 5.32 Å². The van der Waals surface area contributed by atoms with E-state index in [1.165, 1.54) is 0 Å². The first-order valence-electron chi connectivity index (χ1n) is 7.74. The predicted octanol–water partition coefficient (Wildman–Crippen LogP) is 3.36. The van der Waals surface area contributed by atoms with Gasteiger partial charge in [-0.3, -0.25) is 9.59 Å². The number of fused-ring (bicyclic) bond motifs is 1. The van der Waals surface area contributed by atoms with Gasteiger partial charge in [-0.25, -0.2) is 0 Å². The van der Waals surface area contributed by atoms with Crippen LogP contribution >= 0.6 is 0 Å². The summed E-state index contributed by atoms with van der Waals surface area (Å²) in [5.74, 6) is 0.551. The first-order valence-corrected chi connectivity index (χ1v) is 7.74. The Morgan fingerprint density at radius 2 is 2.10 bits per heavy atom. The minimum atomic E-state index is 0.0438. The summed E-state index contributed by atoms with van der Waals surface area (Å²) in [7, 11) is 0. The minimum absolute atomic E-state index is 0.0438. The number of benzene rings is 1. The number of carbonyl (C=O) groups excluding carboxylic acids is 2. The molecule has 4 nitrogen and oxygen atoms in total. The molecular formula is C17H24N2O2. The normalized spacial score (nSPS) is 14.0. The molecule has 21 heavy (non-hydrogen) atoms. The van der Waals surface area contributed by atoms with Crippen molar-refractivity contribution in [1.29, 1.82) is 0 Å². The van der Waals surface area contributed by atoms with Crippen LogP contribution in [0.4, 0.5) is 11.4 Å². The van der Waals surface area contributed by atoms with Gasteiger partial charge in [0.2, 0.25) is 11.8 Å². The summed E-state index contributed by atoms with van der Waals surface area (Å²) in [6.07, 6.45) is 2.97.